The van der Waals surface area contributed by atoms with Crippen LogP contribution in [-0.4, -0.2) is 22.5 Å². The van der Waals surface area contributed by atoms with Gasteiger partial charge in [0.2, 0.25) is 0 Å². The smallest absolute Gasteiger partial charge is 0.326 e. The predicted octanol–water partition coefficient (Wildman–Crippen LogP) is 1.39. The van der Waals surface area contributed by atoms with Crippen molar-refractivity contribution < 1.29 is 14.8 Å². The summed E-state index contributed by atoms with van der Waals surface area (Å²) in [6.07, 6.45) is 0. The lowest BCUT2D eigenvalue weighted by molar-refractivity contribution is -0.380. The quantitative estimate of drug-likeness (QED) is 0.589. The average molecular weight is 230 g/mol. The summed E-state index contributed by atoms with van der Waals surface area (Å²) in [6.45, 7) is 2.26. The summed E-state index contributed by atoms with van der Waals surface area (Å²) < 4.78 is 0. The molecular weight excluding hydrogens is 220 g/mol. The highest BCUT2D eigenvalue weighted by Gasteiger charge is 2.22. The van der Waals surface area contributed by atoms with E-state index in [1.807, 2.05) is 0 Å². The molecule has 0 aliphatic rings. The Bertz CT molecular complexity index is 376. The van der Waals surface area contributed by atoms with E-state index in [-0.39, 0.29) is 5.00 Å². The van der Waals surface area contributed by atoms with Gasteiger partial charge in [-0.25, -0.2) is 0 Å². The third kappa shape index (κ3) is 2.74. The monoisotopic (exact) mass is 230 g/mol. The summed E-state index contributed by atoms with van der Waals surface area (Å²) in [6, 6.07) is 1.91. The summed E-state index contributed by atoms with van der Waals surface area (Å²) >= 11 is 0.875. The molecule has 0 aromatic carbocycles. The highest BCUT2D eigenvalue weighted by Crippen LogP contribution is 2.28. The fourth-order valence-corrected chi connectivity index (χ4v) is 2.00. The van der Waals surface area contributed by atoms with E-state index < -0.39 is 16.9 Å². The van der Waals surface area contributed by atoms with Crippen LogP contribution in [0.25, 0.3) is 0 Å². The summed E-state index contributed by atoms with van der Waals surface area (Å²) in [5.74, 6) is -1.03. The van der Waals surface area contributed by atoms with E-state index in [0.29, 0.717) is 11.4 Å². The molecule has 0 radical (unpaired) electrons. The van der Waals surface area contributed by atoms with E-state index in [2.05, 4.69) is 5.32 Å². The molecule has 15 heavy (non-hydrogen) atoms. The van der Waals surface area contributed by atoms with Gasteiger partial charge >= 0.3 is 11.0 Å². The second-order valence-electron chi connectivity index (χ2n) is 2.76. The lowest BCUT2D eigenvalue weighted by atomic mass is 10.2. The van der Waals surface area contributed by atoms with E-state index in [0.717, 1.165) is 11.3 Å². The summed E-state index contributed by atoms with van der Waals surface area (Å²) in [4.78, 5) is 21.2. The maximum atomic E-state index is 10.8. The Morgan fingerprint density at radius 2 is 2.40 bits per heavy atom. The standard InChI is InChI=1S/C8H10N2O4S/c1-2-9-7(8(11)12)5-3-4-6(15-5)10(13)14/h3-4,7,9H,2H2,1H3,(H,11,12). The van der Waals surface area contributed by atoms with Gasteiger partial charge in [0.25, 0.3) is 0 Å². The maximum absolute atomic E-state index is 10.8. The van der Waals surface area contributed by atoms with Crippen LogP contribution < -0.4 is 5.32 Å². The Morgan fingerprint density at radius 3 is 2.80 bits per heavy atom. The summed E-state index contributed by atoms with van der Waals surface area (Å²) in [5.41, 5.74) is 0. The van der Waals surface area contributed by atoms with Gasteiger partial charge in [0, 0.05) is 10.9 Å². The number of hydrogen-bond acceptors (Lipinski definition) is 5. The van der Waals surface area contributed by atoms with E-state index in [1.54, 1.807) is 6.92 Å². The molecule has 0 saturated heterocycles. The molecule has 1 unspecified atom stereocenters. The van der Waals surface area contributed by atoms with Crippen LogP contribution in [0.15, 0.2) is 12.1 Å². The number of nitrogens with one attached hydrogen (secondary N) is 1. The predicted molar refractivity (Wildman–Crippen MR) is 55.0 cm³/mol. The van der Waals surface area contributed by atoms with Crippen molar-refractivity contribution in [2.45, 2.75) is 13.0 Å². The molecule has 1 aromatic heterocycles. The van der Waals surface area contributed by atoms with Crippen molar-refractivity contribution in [2.24, 2.45) is 0 Å². The van der Waals surface area contributed by atoms with E-state index in [1.165, 1.54) is 12.1 Å². The second kappa shape index (κ2) is 4.85. The van der Waals surface area contributed by atoms with Crippen LogP contribution in [0.2, 0.25) is 0 Å². The van der Waals surface area contributed by atoms with Gasteiger partial charge in [-0.1, -0.05) is 18.3 Å². The highest BCUT2D eigenvalue weighted by molar-refractivity contribution is 7.15. The Morgan fingerprint density at radius 1 is 1.73 bits per heavy atom. The third-order valence-corrected chi connectivity index (χ3v) is 2.83. The van der Waals surface area contributed by atoms with Gasteiger partial charge in [0.05, 0.1) is 4.92 Å². The molecule has 1 atom stereocenters. The van der Waals surface area contributed by atoms with Crippen LogP contribution in [0.5, 0.6) is 0 Å². The SMILES string of the molecule is CCNC(C(=O)O)c1ccc([N+](=O)[O-])s1. The number of nitro groups is 1. The van der Waals surface area contributed by atoms with Crippen molar-refractivity contribution >= 4 is 22.3 Å². The van der Waals surface area contributed by atoms with Gasteiger partial charge in [-0.3, -0.25) is 14.9 Å². The summed E-state index contributed by atoms with van der Waals surface area (Å²) in [5, 5.41) is 22.0. The number of carboxylic acid groups (broad SMARTS) is 1. The van der Waals surface area contributed by atoms with Crippen LogP contribution >= 0.6 is 11.3 Å². The first-order chi connectivity index (χ1) is 7.06. The highest BCUT2D eigenvalue weighted by atomic mass is 32.1. The Hall–Kier alpha value is -1.47. The number of thiophene rings is 1. The number of aliphatic carboxylic acids is 1. The van der Waals surface area contributed by atoms with Crippen LogP contribution in [0.4, 0.5) is 5.00 Å². The van der Waals surface area contributed by atoms with Gasteiger partial charge < -0.3 is 10.4 Å². The van der Waals surface area contributed by atoms with E-state index >= 15 is 0 Å². The zero-order valence-electron chi connectivity index (χ0n) is 7.97. The zero-order chi connectivity index (χ0) is 11.4. The number of carboxylic acids is 1. The molecule has 7 heteroatoms. The first-order valence-corrected chi connectivity index (χ1v) is 5.08. The Balaban J connectivity index is 2.91. The zero-order valence-corrected chi connectivity index (χ0v) is 8.78. The van der Waals surface area contributed by atoms with Crippen LogP contribution in [0, 0.1) is 10.1 Å². The first-order valence-electron chi connectivity index (χ1n) is 4.26. The van der Waals surface area contributed by atoms with Crippen molar-refractivity contribution in [1.82, 2.24) is 5.32 Å². The molecule has 1 rings (SSSR count). The Labute approximate surface area is 89.7 Å². The molecule has 0 fully saturated rings. The molecule has 6 nitrogen and oxygen atoms in total. The molecule has 0 spiro atoms. The largest absolute Gasteiger partial charge is 0.480 e. The van der Waals surface area contributed by atoms with Crippen molar-refractivity contribution in [2.75, 3.05) is 6.54 Å². The van der Waals surface area contributed by atoms with Gasteiger partial charge in [-0.2, -0.15) is 0 Å². The van der Waals surface area contributed by atoms with Crippen LogP contribution in [0.1, 0.15) is 17.8 Å². The van der Waals surface area contributed by atoms with Crippen molar-refractivity contribution in [3.05, 3.63) is 27.1 Å². The molecule has 1 heterocycles. The van der Waals surface area contributed by atoms with Crippen molar-refractivity contribution in [3.63, 3.8) is 0 Å². The van der Waals surface area contributed by atoms with Crippen molar-refractivity contribution in [3.8, 4) is 0 Å². The Kier molecular flexibility index (Phi) is 3.75. The number of likely N-dealkylation sites (N-methyl/N-ethyl adjacent to an activating group) is 1. The molecule has 2 N–H and O–H groups in total. The van der Waals surface area contributed by atoms with E-state index in [9.17, 15) is 14.9 Å². The normalized spacial score (nSPS) is 12.3. The maximum Gasteiger partial charge on any atom is 0.326 e. The average Bonchev–Trinajstić information content (AvgIpc) is 2.62. The van der Waals surface area contributed by atoms with Crippen molar-refractivity contribution in [1.29, 1.82) is 0 Å². The lowest BCUT2D eigenvalue weighted by Gasteiger charge is -2.09. The molecular formula is C8H10N2O4S. The molecule has 82 valence electrons. The molecule has 0 bridgehead atoms. The number of hydrogen-bond donors (Lipinski definition) is 2. The fraction of sp³-hybridized carbons (Fsp3) is 0.375. The number of carbonyl (C=O) groups is 1. The van der Waals surface area contributed by atoms with Gasteiger partial charge in [0.15, 0.2) is 0 Å². The van der Waals surface area contributed by atoms with Crippen LogP contribution in [-0.2, 0) is 4.79 Å². The number of rotatable bonds is 5. The molecule has 0 aliphatic carbocycles. The van der Waals surface area contributed by atoms with Gasteiger partial charge in [-0.05, 0) is 12.6 Å². The minimum atomic E-state index is -1.03. The number of nitrogens with zero attached hydrogens (tertiary/aromatic N) is 1. The first kappa shape index (κ1) is 11.6. The minimum absolute atomic E-state index is 0.0471. The topological polar surface area (TPSA) is 92.5 Å². The van der Waals surface area contributed by atoms with E-state index in [4.69, 9.17) is 5.11 Å². The minimum Gasteiger partial charge on any atom is -0.480 e. The molecule has 0 amide bonds. The lowest BCUT2D eigenvalue weighted by Crippen LogP contribution is -2.27. The van der Waals surface area contributed by atoms with Crippen LogP contribution in [0.3, 0.4) is 0 Å². The fourth-order valence-electron chi connectivity index (χ4n) is 1.11. The third-order valence-electron chi connectivity index (χ3n) is 1.73. The summed E-state index contributed by atoms with van der Waals surface area (Å²) in [7, 11) is 0. The van der Waals surface area contributed by atoms with Gasteiger partial charge in [0.1, 0.15) is 6.04 Å². The van der Waals surface area contributed by atoms with Gasteiger partial charge in [-0.15, -0.1) is 0 Å². The second-order valence-corrected chi connectivity index (χ2v) is 3.86. The molecule has 1 aromatic rings. The molecule has 0 saturated carbocycles. The molecule has 0 aliphatic heterocycles.